The van der Waals surface area contributed by atoms with Crippen molar-refractivity contribution in [1.82, 2.24) is 4.90 Å². The molecule has 5 nitrogen and oxygen atoms in total. The fourth-order valence-electron chi connectivity index (χ4n) is 3.48. The molecule has 0 aromatic carbocycles. The smallest absolute Gasteiger partial charge is 0.303 e. The molecule has 112 valence electrons. The van der Waals surface area contributed by atoms with Gasteiger partial charge in [-0.05, 0) is 31.1 Å². The monoisotopic (exact) mass is 281 g/mol. The molecular weight excluding hydrogens is 258 g/mol. The lowest BCUT2D eigenvalue weighted by Gasteiger charge is -2.21. The first-order valence-electron chi connectivity index (χ1n) is 7.51. The SMILES string of the molecule is CCC1CC2C(=O)N(CC(C)CCC(=O)O)C(=O)C2C1. The largest absolute Gasteiger partial charge is 0.481 e. The molecular formula is C15H23NO4. The Hall–Kier alpha value is -1.39. The lowest BCUT2D eigenvalue weighted by Crippen LogP contribution is -2.36. The molecule has 3 atom stereocenters. The molecule has 1 saturated heterocycles. The number of amides is 2. The van der Waals surface area contributed by atoms with Crippen molar-refractivity contribution >= 4 is 17.8 Å². The summed E-state index contributed by atoms with van der Waals surface area (Å²) in [5.74, 6) is -0.572. The Labute approximate surface area is 119 Å². The second kappa shape index (κ2) is 5.94. The van der Waals surface area contributed by atoms with E-state index in [1.807, 2.05) is 6.92 Å². The summed E-state index contributed by atoms with van der Waals surface area (Å²) in [7, 11) is 0. The molecule has 20 heavy (non-hydrogen) atoms. The quantitative estimate of drug-likeness (QED) is 0.755. The molecule has 0 aromatic heterocycles. The Balaban J connectivity index is 1.93. The van der Waals surface area contributed by atoms with Crippen molar-refractivity contribution in [3.63, 3.8) is 0 Å². The van der Waals surface area contributed by atoms with Crippen molar-refractivity contribution < 1.29 is 19.5 Å². The zero-order valence-corrected chi connectivity index (χ0v) is 12.2. The Morgan fingerprint density at radius 1 is 1.30 bits per heavy atom. The highest BCUT2D eigenvalue weighted by Gasteiger charge is 2.52. The van der Waals surface area contributed by atoms with Gasteiger partial charge in [-0.25, -0.2) is 0 Å². The zero-order chi connectivity index (χ0) is 14.9. The maximum Gasteiger partial charge on any atom is 0.303 e. The zero-order valence-electron chi connectivity index (χ0n) is 12.2. The number of fused-ring (bicyclic) bond motifs is 1. The highest BCUT2D eigenvalue weighted by atomic mass is 16.4. The maximum absolute atomic E-state index is 12.3. The van der Waals surface area contributed by atoms with Crippen molar-refractivity contribution in [3.8, 4) is 0 Å². The third-order valence-corrected chi connectivity index (χ3v) is 4.75. The lowest BCUT2D eigenvalue weighted by molar-refractivity contribution is -0.141. The maximum atomic E-state index is 12.3. The fraction of sp³-hybridized carbons (Fsp3) is 0.800. The van der Waals surface area contributed by atoms with Crippen molar-refractivity contribution in [2.24, 2.45) is 23.7 Å². The molecule has 3 unspecified atom stereocenters. The minimum atomic E-state index is -0.835. The van der Waals surface area contributed by atoms with E-state index in [1.165, 1.54) is 4.90 Å². The topological polar surface area (TPSA) is 74.7 Å². The van der Waals surface area contributed by atoms with E-state index in [0.717, 1.165) is 19.3 Å². The van der Waals surface area contributed by atoms with Gasteiger partial charge in [0.2, 0.25) is 11.8 Å². The lowest BCUT2D eigenvalue weighted by atomic mass is 10.00. The molecule has 1 aliphatic carbocycles. The predicted molar refractivity (Wildman–Crippen MR) is 72.7 cm³/mol. The summed E-state index contributed by atoms with van der Waals surface area (Å²) in [4.78, 5) is 36.6. The predicted octanol–water partition coefficient (Wildman–Crippen LogP) is 1.91. The summed E-state index contributed by atoms with van der Waals surface area (Å²) < 4.78 is 0. The Morgan fingerprint density at radius 3 is 2.30 bits per heavy atom. The average molecular weight is 281 g/mol. The Kier molecular flexibility index (Phi) is 4.45. The van der Waals surface area contributed by atoms with Gasteiger partial charge in [0.05, 0.1) is 11.8 Å². The van der Waals surface area contributed by atoms with Crippen LogP contribution in [0.3, 0.4) is 0 Å². The molecule has 2 aliphatic rings. The normalized spacial score (nSPS) is 30.7. The van der Waals surface area contributed by atoms with Crippen LogP contribution in [0.25, 0.3) is 0 Å². The number of carboxylic acids is 1. The van der Waals surface area contributed by atoms with Crippen molar-refractivity contribution in [1.29, 1.82) is 0 Å². The van der Waals surface area contributed by atoms with Gasteiger partial charge in [-0.1, -0.05) is 20.3 Å². The van der Waals surface area contributed by atoms with Gasteiger partial charge in [0.1, 0.15) is 0 Å². The van der Waals surface area contributed by atoms with Gasteiger partial charge in [0.15, 0.2) is 0 Å². The standard InChI is InChI=1S/C15H23NO4/c1-3-10-6-11-12(7-10)15(20)16(14(11)19)8-9(2)4-5-13(17)18/h9-12H,3-8H2,1-2H3,(H,17,18). The van der Waals surface area contributed by atoms with E-state index in [4.69, 9.17) is 5.11 Å². The first-order chi connectivity index (χ1) is 9.43. The van der Waals surface area contributed by atoms with Gasteiger partial charge in [0.25, 0.3) is 0 Å². The third-order valence-electron chi connectivity index (χ3n) is 4.75. The second-order valence-corrected chi connectivity index (χ2v) is 6.28. The van der Waals surface area contributed by atoms with Crippen LogP contribution in [0.5, 0.6) is 0 Å². The van der Waals surface area contributed by atoms with Crippen LogP contribution in [0.15, 0.2) is 0 Å². The molecule has 0 bridgehead atoms. The van der Waals surface area contributed by atoms with E-state index in [1.54, 1.807) is 0 Å². The number of aliphatic carboxylic acids is 1. The number of hydrogen-bond acceptors (Lipinski definition) is 3. The molecule has 0 radical (unpaired) electrons. The number of hydrogen-bond donors (Lipinski definition) is 1. The number of likely N-dealkylation sites (tertiary alicyclic amines) is 1. The van der Waals surface area contributed by atoms with Crippen molar-refractivity contribution in [2.45, 2.75) is 46.0 Å². The number of carboxylic acid groups (broad SMARTS) is 1. The highest BCUT2D eigenvalue weighted by Crippen LogP contribution is 2.44. The van der Waals surface area contributed by atoms with E-state index < -0.39 is 5.97 Å². The molecule has 1 heterocycles. The van der Waals surface area contributed by atoms with E-state index in [0.29, 0.717) is 18.9 Å². The van der Waals surface area contributed by atoms with Crippen LogP contribution in [0, 0.1) is 23.7 Å². The summed E-state index contributed by atoms with van der Waals surface area (Å²) in [6.45, 7) is 4.37. The number of carbonyl (C=O) groups excluding carboxylic acids is 2. The van der Waals surface area contributed by atoms with Crippen LogP contribution < -0.4 is 0 Å². The number of imide groups is 1. The molecule has 1 aliphatic heterocycles. The van der Waals surface area contributed by atoms with Gasteiger partial charge < -0.3 is 5.11 Å². The van der Waals surface area contributed by atoms with Crippen LogP contribution in [-0.4, -0.2) is 34.3 Å². The second-order valence-electron chi connectivity index (χ2n) is 6.28. The van der Waals surface area contributed by atoms with Crippen molar-refractivity contribution in [2.75, 3.05) is 6.54 Å². The molecule has 5 heteroatoms. The molecule has 1 N–H and O–H groups in total. The molecule has 1 saturated carbocycles. The van der Waals surface area contributed by atoms with Crippen LogP contribution in [-0.2, 0) is 14.4 Å². The number of rotatable bonds is 6. The fourth-order valence-corrected chi connectivity index (χ4v) is 3.48. The van der Waals surface area contributed by atoms with Gasteiger partial charge in [-0.15, -0.1) is 0 Å². The molecule has 2 rings (SSSR count). The van der Waals surface area contributed by atoms with E-state index >= 15 is 0 Å². The Bertz CT molecular complexity index is 396. The summed E-state index contributed by atoms with van der Waals surface area (Å²) in [5, 5.41) is 8.67. The van der Waals surface area contributed by atoms with Crippen LogP contribution in [0.2, 0.25) is 0 Å². The minimum absolute atomic E-state index is 0.0295. The molecule has 0 spiro atoms. The summed E-state index contributed by atoms with van der Waals surface area (Å²) in [5.41, 5.74) is 0. The van der Waals surface area contributed by atoms with Gasteiger partial charge in [-0.2, -0.15) is 0 Å². The summed E-state index contributed by atoms with van der Waals surface area (Å²) in [6.07, 6.45) is 3.29. The summed E-state index contributed by atoms with van der Waals surface area (Å²) in [6, 6.07) is 0. The van der Waals surface area contributed by atoms with E-state index in [9.17, 15) is 14.4 Å². The van der Waals surface area contributed by atoms with Crippen LogP contribution in [0.4, 0.5) is 0 Å². The number of carbonyl (C=O) groups is 3. The van der Waals surface area contributed by atoms with Crippen molar-refractivity contribution in [3.05, 3.63) is 0 Å². The van der Waals surface area contributed by atoms with E-state index in [-0.39, 0.29) is 36.0 Å². The number of nitrogens with zero attached hydrogens (tertiary/aromatic N) is 1. The minimum Gasteiger partial charge on any atom is -0.481 e. The van der Waals surface area contributed by atoms with Gasteiger partial charge >= 0.3 is 5.97 Å². The first-order valence-corrected chi connectivity index (χ1v) is 7.51. The third kappa shape index (κ3) is 2.86. The summed E-state index contributed by atoms with van der Waals surface area (Å²) >= 11 is 0. The molecule has 2 fully saturated rings. The van der Waals surface area contributed by atoms with Crippen LogP contribution in [0.1, 0.15) is 46.0 Å². The highest BCUT2D eigenvalue weighted by molar-refractivity contribution is 6.05. The van der Waals surface area contributed by atoms with Crippen LogP contribution >= 0.6 is 0 Å². The van der Waals surface area contributed by atoms with Gasteiger partial charge in [0, 0.05) is 13.0 Å². The average Bonchev–Trinajstić information content (AvgIpc) is 2.92. The first kappa shape index (κ1) is 15.0. The molecule has 0 aromatic rings. The Morgan fingerprint density at radius 2 is 1.85 bits per heavy atom. The molecule has 2 amide bonds. The van der Waals surface area contributed by atoms with E-state index in [2.05, 4.69) is 6.92 Å². The van der Waals surface area contributed by atoms with Gasteiger partial charge in [-0.3, -0.25) is 19.3 Å².